The van der Waals surface area contributed by atoms with Crippen LogP contribution in [0.5, 0.6) is 0 Å². The molecule has 0 saturated carbocycles. The van der Waals surface area contributed by atoms with E-state index in [0.29, 0.717) is 23.1 Å². The van der Waals surface area contributed by atoms with Crippen LogP contribution in [0.15, 0.2) is 12.1 Å². The predicted octanol–water partition coefficient (Wildman–Crippen LogP) is 2.65. The number of rotatable bonds is 3. The first-order valence-corrected chi connectivity index (χ1v) is 5.41. The van der Waals surface area contributed by atoms with Crippen molar-refractivity contribution in [3.63, 3.8) is 0 Å². The molecule has 84 valence electrons. The molecule has 0 fully saturated rings. The zero-order chi connectivity index (χ0) is 12.1. The number of hydrogen-bond acceptors (Lipinski definition) is 3. The van der Waals surface area contributed by atoms with E-state index in [1.54, 1.807) is 12.1 Å². The number of benzene rings is 1. The molecule has 0 spiro atoms. The highest BCUT2D eigenvalue weighted by Gasteiger charge is 2.14. The van der Waals surface area contributed by atoms with Gasteiger partial charge in [-0.15, -0.1) is 11.6 Å². The van der Waals surface area contributed by atoms with E-state index in [4.69, 9.17) is 16.9 Å². The molecule has 4 heteroatoms. The first-order valence-electron chi connectivity index (χ1n) is 4.88. The lowest BCUT2D eigenvalue weighted by Crippen LogP contribution is -2.07. The van der Waals surface area contributed by atoms with Crippen LogP contribution >= 0.6 is 11.6 Å². The van der Waals surface area contributed by atoms with Gasteiger partial charge in [-0.2, -0.15) is 5.26 Å². The second-order valence-electron chi connectivity index (χ2n) is 3.26. The Hall–Kier alpha value is -1.53. The third kappa shape index (κ3) is 2.34. The fraction of sp³-hybridized carbons (Fsp3) is 0.333. The molecule has 1 aromatic carbocycles. The van der Waals surface area contributed by atoms with Crippen molar-refractivity contribution in [2.45, 2.75) is 19.2 Å². The Morgan fingerprint density at radius 1 is 1.50 bits per heavy atom. The molecule has 0 radical (unpaired) electrons. The van der Waals surface area contributed by atoms with Gasteiger partial charge >= 0.3 is 5.97 Å². The summed E-state index contributed by atoms with van der Waals surface area (Å²) in [5.41, 5.74) is 2.46. The third-order valence-electron chi connectivity index (χ3n) is 2.38. The Labute approximate surface area is 99.6 Å². The minimum Gasteiger partial charge on any atom is -0.465 e. The van der Waals surface area contributed by atoms with Gasteiger partial charge < -0.3 is 4.74 Å². The number of carbonyl (C=O) groups excluding carboxylic acids is 1. The second-order valence-corrected chi connectivity index (χ2v) is 3.52. The molecule has 1 aromatic rings. The molecule has 3 nitrogen and oxygen atoms in total. The molecule has 0 aliphatic rings. The summed E-state index contributed by atoms with van der Waals surface area (Å²) in [5.74, 6) is -0.238. The maximum atomic E-state index is 11.5. The second kappa shape index (κ2) is 5.53. The number of aryl methyl sites for hydroxylation is 1. The van der Waals surface area contributed by atoms with Crippen molar-refractivity contribution in [3.05, 3.63) is 34.4 Å². The quantitative estimate of drug-likeness (QED) is 0.600. The Bertz CT molecular complexity index is 449. The monoisotopic (exact) mass is 237 g/mol. The number of halogens is 1. The number of nitriles is 1. The van der Waals surface area contributed by atoms with Gasteiger partial charge in [0.15, 0.2) is 0 Å². The number of ether oxygens (including phenoxy) is 1. The van der Waals surface area contributed by atoms with Crippen LogP contribution in [-0.2, 0) is 17.0 Å². The summed E-state index contributed by atoms with van der Waals surface area (Å²) in [4.78, 5) is 11.5. The molecule has 0 bridgehead atoms. The van der Waals surface area contributed by atoms with Gasteiger partial charge in [0.05, 0.1) is 24.3 Å². The summed E-state index contributed by atoms with van der Waals surface area (Å²) < 4.78 is 4.67. The molecule has 0 amide bonds. The Morgan fingerprint density at radius 3 is 2.62 bits per heavy atom. The first-order chi connectivity index (χ1) is 7.67. The van der Waals surface area contributed by atoms with E-state index in [2.05, 4.69) is 10.8 Å². The van der Waals surface area contributed by atoms with Gasteiger partial charge in [0, 0.05) is 5.88 Å². The number of alkyl halides is 1. The van der Waals surface area contributed by atoms with Crippen molar-refractivity contribution in [2.75, 3.05) is 7.11 Å². The molecule has 0 aliphatic heterocycles. The molecule has 16 heavy (non-hydrogen) atoms. The lowest BCUT2D eigenvalue weighted by atomic mass is 9.98. The number of esters is 1. The molecule has 0 unspecified atom stereocenters. The van der Waals surface area contributed by atoms with Crippen LogP contribution < -0.4 is 0 Å². The summed E-state index contributed by atoms with van der Waals surface area (Å²) in [5, 5.41) is 8.95. The van der Waals surface area contributed by atoms with Crippen LogP contribution in [0.3, 0.4) is 0 Å². The lowest BCUT2D eigenvalue weighted by molar-refractivity contribution is 0.0599. The van der Waals surface area contributed by atoms with Crippen molar-refractivity contribution >= 4 is 17.6 Å². The maximum Gasteiger partial charge on any atom is 0.338 e. The third-order valence-corrected chi connectivity index (χ3v) is 2.67. The molecule has 0 aliphatic carbocycles. The minimum absolute atomic E-state index is 0.184. The standard InChI is InChI=1S/C12H12ClNO2/c1-3-8-5-11(12(15)16-2)9(6-13)4-10(8)7-14/h4-5H,3,6H2,1-2H3. The molecular formula is C12H12ClNO2. The predicted molar refractivity (Wildman–Crippen MR) is 61.4 cm³/mol. The van der Waals surface area contributed by atoms with Gasteiger partial charge in [0.25, 0.3) is 0 Å². The molecule has 0 atom stereocenters. The smallest absolute Gasteiger partial charge is 0.338 e. The minimum atomic E-state index is -0.421. The van der Waals surface area contributed by atoms with E-state index in [1.165, 1.54) is 7.11 Å². The summed E-state index contributed by atoms with van der Waals surface area (Å²) >= 11 is 5.74. The molecule has 0 saturated heterocycles. The summed E-state index contributed by atoms with van der Waals surface area (Å²) in [6.07, 6.45) is 0.690. The first kappa shape index (κ1) is 12.5. The van der Waals surface area contributed by atoms with E-state index in [1.807, 2.05) is 6.92 Å². The summed E-state index contributed by atoms with van der Waals surface area (Å²) in [6, 6.07) is 5.43. The number of methoxy groups -OCH3 is 1. The Kier molecular flexibility index (Phi) is 4.33. The molecule has 0 heterocycles. The summed E-state index contributed by atoms with van der Waals surface area (Å²) in [7, 11) is 1.32. The van der Waals surface area contributed by atoms with Crippen molar-refractivity contribution in [3.8, 4) is 6.07 Å². The van der Waals surface area contributed by atoms with Crippen LogP contribution in [0.4, 0.5) is 0 Å². The maximum absolute atomic E-state index is 11.5. The van der Waals surface area contributed by atoms with Gasteiger partial charge in [-0.05, 0) is 29.7 Å². The van der Waals surface area contributed by atoms with Gasteiger partial charge in [-0.3, -0.25) is 0 Å². The van der Waals surface area contributed by atoms with E-state index in [0.717, 1.165) is 5.56 Å². The average molecular weight is 238 g/mol. The molecule has 1 rings (SSSR count). The van der Waals surface area contributed by atoms with E-state index >= 15 is 0 Å². The zero-order valence-corrected chi connectivity index (χ0v) is 9.97. The fourth-order valence-electron chi connectivity index (χ4n) is 1.50. The van der Waals surface area contributed by atoms with Gasteiger partial charge in [-0.1, -0.05) is 6.92 Å². The van der Waals surface area contributed by atoms with Crippen molar-refractivity contribution < 1.29 is 9.53 Å². The highest BCUT2D eigenvalue weighted by molar-refractivity contribution is 6.17. The van der Waals surface area contributed by atoms with Crippen LogP contribution in [0, 0.1) is 11.3 Å². The van der Waals surface area contributed by atoms with Crippen LogP contribution in [-0.4, -0.2) is 13.1 Å². The highest BCUT2D eigenvalue weighted by Crippen LogP contribution is 2.20. The topological polar surface area (TPSA) is 50.1 Å². The number of nitrogens with zero attached hydrogens (tertiary/aromatic N) is 1. The molecule has 0 aromatic heterocycles. The van der Waals surface area contributed by atoms with E-state index in [9.17, 15) is 4.79 Å². The van der Waals surface area contributed by atoms with Gasteiger partial charge in [0.1, 0.15) is 0 Å². The van der Waals surface area contributed by atoms with Gasteiger partial charge in [0.2, 0.25) is 0 Å². The SMILES string of the molecule is CCc1cc(C(=O)OC)c(CCl)cc1C#N. The van der Waals surface area contributed by atoms with Crippen LogP contribution in [0.2, 0.25) is 0 Å². The van der Waals surface area contributed by atoms with Crippen LogP contribution in [0.1, 0.15) is 34.0 Å². The van der Waals surface area contributed by atoms with Crippen molar-refractivity contribution in [2.24, 2.45) is 0 Å². The van der Waals surface area contributed by atoms with E-state index < -0.39 is 5.97 Å². The molecular weight excluding hydrogens is 226 g/mol. The van der Waals surface area contributed by atoms with Crippen LogP contribution in [0.25, 0.3) is 0 Å². The largest absolute Gasteiger partial charge is 0.465 e. The zero-order valence-electron chi connectivity index (χ0n) is 9.21. The fourth-order valence-corrected chi connectivity index (χ4v) is 1.72. The molecule has 0 N–H and O–H groups in total. The normalized spacial score (nSPS) is 9.62. The number of hydrogen-bond donors (Lipinski definition) is 0. The van der Waals surface area contributed by atoms with E-state index in [-0.39, 0.29) is 5.88 Å². The Balaban J connectivity index is 3.38. The number of carbonyl (C=O) groups is 1. The van der Waals surface area contributed by atoms with Gasteiger partial charge in [-0.25, -0.2) is 4.79 Å². The van der Waals surface area contributed by atoms with Crippen molar-refractivity contribution in [1.29, 1.82) is 5.26 Å². The Morgan fingerprint density at radius 2 is 2.19 bits per heavy atom. The summed E-state index contributed by atoms with van der Waals surface area (Å²) in [6.45, 7) is 1.93. The average Bonchev–Trinajstić information content (AvgIpc) is 2.35. The van der Waals surface area contributed by atoms with Crippen molar-refractivity contribution in [1.82, 2.24) is 0 Å². The highest BCUT2D eigenvalue weighted by atomic mass is 35.5. The lowest BCUT2D eigenvalue weighted by Gasteiger charge is -2.09.